The topological polar surface area (TPSA) is 32.8 Å². The van der Waals surface area contributed by atoms with Crippen molar-refractivity contribution in [3.8, 4) is 0 Å². The molecule has 1 aliphatic heterocycles. The molecule has 4 nitrogen and oxygen atoms in total. The maximum absolute atomic E-state index is 12.9. The highest BCUT2D eigenvalue weighted by Gasteiger charge is 2.28. The summed E-state index contributed by atoms with van der Waals surface area (Å²) in [4.78, 5) is 17.1. The number of amides is 1. The number of hydrogen-bond acceptors (Lipinski definition) is 3. The number of ether oxygens (including phenoxy) is 1. The molecule has 0 saturated carbocycles. The number of halogens is 1. The zero-order chi connectivity index (χ0) is 18.4. The van der Waals surface area contributed by atoms with Gasteiger partial charge in [-0.2, -0.15) is 0 Å². The van der Waals surface area contributed by atoms with Crippen LogP contribution in [0.5, 0.6) is 0 Å². The molecule has 0 unspecified atom stereocenters. The second-order valence-electron chi connectivity index (χ2n) is 6.79. The Bertz CT molecular complexity index is 715. The first-order chi connectivity index (χ1) is 12.6. The smallest absolute Gasteiger partial charge is 0.410 e. The highest BCUT2D eigenvalue weighted by atomic mass is 79.9. The lowest BCUT2D eigenvalue weighted by Crippen LogP contribution is -2.46. The van der Waals surface area contributed by atoms with Gasteiger partial charge < -0.3 is 14.5 Å². The predicted molar refractivity (Wildman–Crippen MR) is 107 cm³/mol. The molecule has 1 amide bonds. The molecule has 0 atom stereocenters. The highest BCUT2D eigenvalue weighted by Crippen LogP contribution is 2.23. The summed E-state index contributed by atoms with van der Waals surface area (Å²) in [6, 6.07) is 18.1. The fourth-order valence-electron chi connectivity index (χ4n) is 3.26. The first-order valence-electron chi connectivity index (χ1n) is 9.03. The van der Waals surface area contributed by atoms with E-state index in [9.17, 15) is 4.79 Å². The molecule has 1 aliphatic rings. The molecule has 1 saturated heterocycles. The summed E-state index contributed by atoms with van der Waals surface area (Å²) in [7, 11) is 2.13. The van der Waals surface area contributed by atoms with E-state index in [1.807, 2.05) is 53.4 Å². The average molecular weight is 417 g/mol. The van der Waals surface area contributed by atoms with Crippen molar-refractivity contribution in [1.29, 1.82) is 0 Å². The van der Waals surface area contributed by atoms with E-state index in [1.54, 1.807) is 0 Å². The van der Waals surface area contributed by atoms with Crippen molar-refractivity contribution in [3.05, 3.63) is 70.2 Å². The Morgan fingerprint density at radius 1 is 1.12 bits per heavy atom. The SMILES string of the molecule is CN1CCC(N(Cc2ccccc2Br)C(=O)OCc2ccccc2)CC1. The number of likely N-dealkylation sites (tertiary alicyclic amines) is 1. The fourth-order valence-corrected chi connectivity index (χ4v) is 3.67. The molecule has 0 aromatic heterocycles. The molecular formula is C21H25BrN2O2. The van der Waals surface area contributed by atoms with Crippen molar-refractivity contribution >= 4 is 22.0 Å². The Morgan fingerprint density at radius 3 is 2.46 bits per heavy atom. The normalized spacial score (nSPS) is 15.6. The van der Waals surface area contributed by atoms with Crippen molar-refractivity contribution in [2.24, 2.45) is 0 Å². The molecular weight excluding hydrogens is 392 g/mol. The van der Waals surface area contributed by atoms with E-state index < -0.39 is 0 Å². The maximum Gasteiger partial charge on any atom is 0.410 e. The van der Waals surface area contributed by atoms with Crippen molar-refractivity contribution in [3.63, 3.8) is 0 Å². The molecule has 2 aromatic rings. The highest BCUT2D eigenvalue weighted by molar-refractivity contribution is 9.10. The monoisotopic (exact) mass is 416 g/mol. The summed E-state index contributed by atoms with van der Waals surface area (Å²) in [6.45, 7) is 2.87. The van der Waals surface area contributed by atoms with E-state index in [0.717, 1.165) is 41.5 Å². The molecule has 1 fully saturated rings. The van der Waals surface area contributed by atoms with Crippen LogP contribution in [-0.2, 0) is 17.9 Å². The molecule has 2 aromatic carbocycles. The second kappa shape index (κ2) is 9.19. The van der Waals surface area contributed by atoms with Crippen molar-refractivity contribution in [2.45, 2.75) is 32.0 Å². The third-order valence-corrected chi connectivity index (χ3v) is 5.64. The Balaban J connectivity index is 1.71. The van der Waals surface area contributed by atoms with Gasteiger partial charge >= 0.3 is 6.09 Å². The molecule has 3 rings (SSSR count). The Kier molecular flexibility index (Phi) is 6.69. The van der Waals surface area contributed by atoms with Crippen molar-refractivity contribution in [2.75, 3.05) is 20.1 Å². The van der Waals surface area contributed by atoms with Crippen molar-refractivity contribution in [1.82, 2.24) is 9.80 Å². The first-order valence-corrected chi connectivity index (χ1v) is 9.82. The van der Waals surface area contributed by atoms with E-state index in [2.05, 4.69) is 33.9 Å². The van der Waals surface area contributed by atoms with Crippen LogP contribution in [0.15, 0.2) is 59.1 Å². The molecule has 0 aliphatic carbocycles. The van der Waals surface area contributed by atoms with E-state index >= 15 is 0 Å². The van der Waals surface area contributed by atoms with E-state index in [-0.39, 0.29) is 12.1 Å². The number of rotatable bonds is 5. The largest absolute Gasteiger partial charge is 0.445 e. The van der Waals surface area contributed by atoms with Crippen LogP contribution in [0.25, 0.3) is 0 Å². The van der Waals surface area contributed by atoms with E-state index in [0.29, 0.717) is 13.2 Å². The Morgan fingerprint density at radius 2 is 1.77 bits per heavy atom. The van der Waals surface area contributed by atoms with Gasteiger partial charge in [0.15, 0.2) is 0 Å². The van der Waals surface area contributed by atoms with Gasteiger partial charge in [-0.3, -0.25) is 0 Å². The minimum atomic E-state index is -0.237. The second-order valence-corrected chi connectivity index (χ2v) is 7.65. The van der Waals surface area contributed by atoms with Gasteiger partial charge in [-0.15, -0.1) is 0 Å². The number of nitrogens with zero attached hydrogens (tertiary/aromatic N) is 2. The van der Waals surface area contributed by atoms with Gasteiger partial charge in [0.2, 0.25) is 0 Å². The van der Waals surface area contributed by atoms with Crippen LogP contribution in [0.4, 0.5) is 4.79 Å². The zero-order valence-corrected chi connectivity index (χ0v) is 16.7. The Hall–Kier alpha value is -1.85. The van der Waals surface area contributed by atoms with Gasteiger partial charge in [0.05, 0.1) is 6.54 Å². The summed E-state index contributed by atoms with van der Waals surface area (Å²) in [5.41, 5.74) is 2.10. The van der Waals surface area contributed by atoms with Gasteiger partial charge in [-0.05, 0) is 50.2 Å². The number of carbonyl (C=O) groups excluding carboxylic acids is 1. The van der Waals surface area contributed by atoms with E-state index in [1.165, 1.54) is 0 Å². The standard InChI is InChI=1S/C21H25BrN2O2/c1-23-13-11-19(12-14-23)24(15-18-9-5-6-10-20(18)22)21(25)26-16-17-7-3-2-4-8-17/h2-10,19H,11-16H2,1H3. The molecule has 26 heavy (non-hydrogen) atoms. The van der Waals surface area contributed by atoms with Crippen molar-refractivity contribution < 1.29 is 9.53 Å². The van der Waals surface area contributed by atoms with Gasteiger partial charge in [-0.1, -0.05) is 64.5 Å². The van der Waals surface area contributed by atoms with Gasteiger partial charge in [0, 0.05) is 10.5 Å². The van der Waals surface area contributed by atoms with Crippen LogP contribution in [0.3, 0.4) is 0 Å². The fraction of sp³-hybridized carbons (Fsp3) is 0.381. The third-order valence-electron chi connectivity index (χ3n) is 4.87. The van der Waals surface area contributed by atoms with Crippen LogP contribution >= 0.6 is 15.9 Å². The minimum absolute atomic E-state index is 0.210. The van der Waals surface area contributed by atoms with Crippen LogP contribution in [0.1, 0.15) is 24.0 Å². The van der Waals surface area contributed by atoms with Gasteiger partial charge in [-0.25, -0.2) is 4.79 Å². The molecule has 0 bridgehead atoms. The van der Waals surface area contributed by atoms with Crippen LogP contribution in [0, 0.1) is 0 Å². The number of benzene rings is 2. The zero-order valence-electron chi connectivity index (χ0n) is 15.1. The lowest BCUT2D eigenvalue weighted by molar-refractivity contribution is 0.0603. The number of carbonyl (C=O) groups is 1. The van der Waals surface area contributed by atoms with Crippen LogP contribution in [-0.4, -0.2) is 42.1 Å². The average Bonchev–Trinajstić information content (AvgIpc) is 2.67. The summed E-state index contributed by atoms with van der Waals surface area (Å²) in [5.74, 6) is 0. The molecule has 0 radical (unpaired) electrons. The Labute approximate surface area is 163 Å². The quantitative estimate of drug-likeness (QED) is 0.708. The molecule has 138 valence electrons. The summed E-state index contributed by atoms with van der Waals surface area (Å²) >= 11 is 3.60. The lowest BCUT2D eigenvalue weighted by Gasteiger charge is -2.36. The molecule has 0 spiro atoms. The minimum Gasteiger partial charge on any atom is -0.445 e. The first kappa shape index (κ1) is 18.9. The summed E-state index contributed by atoms with van der Waals surface area (Å²) < 4.78 is 6.66. The third kappa shape index (κ3) is 5.08. The van der Waals surface area contributed by atoms with Gasteiger partial charge in [0.1, 0.15) is 6.61 Å². The number of piperidine rings is 1. The summed E-state index contributed by atoms with van der Waals surface area (Å²) in [6.07, 6.45) is 1.71. The summed E-state index contributed by atoms with van der Waals surface area (Å²) in [5, 5.41) is 0. The molecule has 5 heteroatoms. The lowest BCUT2D eigenvalue weighted by atomic mass is 10.0. The molecule has 1 heterocycles. The molecule has 0 N–H and O–H groups in total. The predicted octanol–water partition coefficient (Wildman–Crippen LogP) is 4.68. The number of hydrogen-bond donors (Lipinski definition) is 0. The maximum atomic E-state index is 12.9. The van der Waals surface area contributed by atoms with E-state index in [4.69, 9.17) is 4.74 Å². The van der Waals surface area contributed by atoms with Crippen LogP contribution < -0.4 is 0 Å². The van der Waals surface area contributed by atoms with Gasteiger partial charge in [0.25, 0.3) is 0 Å². The van der Waals surface area contributed by atoms with Crippen LogP contribution in [0.2, 0.25) is 0 Å².